The highest BCUT2D eigenvalue weighted by Gasteiger charge is 2.22. The van der Waals surface area contributed by atoms with Crippen LogP contribution in [-0.2, 0) is 0 Å². The molecular formula is C45H28N4O. The maximum Gasteiger partial charge on any atom is 0.167 e. The molecule has 0 N–H and O–H groups in total. The minimum absolute atomic E-state index is 0.0441. The van der Waals surface area contributed by atoms with Crippen LogP contribution in [0.15, 0.2) is 174 Å². The molecule has 0 unspecified atom stereocenters. The van der Waals surface area contributed by atoms with Gasteiger partial charge in [0.05, 0.1) is 23.5 Å². The van der Waals surface area contributed by atoms with Gasteiger partial charge in [0, 0.05) is 38.4 Å². The molecule has 3 aromatic heterocycles. The van der Waals surface area contributed by atoms with E-state index in [4.69, 9.17) is 26.2 Å². The van der Waals surface area contributed by atoms with E-state index in [1.165, 1.54) is 0 Å². The van der Waals surface area contributed by atoms with Crippen molar-refractivity contribution < 1.29 is 11.3 Å². The third-order valence-electron chi connectivity index (χ3n) is 9.14. The van der Waals surface area contributed by atoms with Crippen LogP contribution < -0.4 is 0 Å². The van der Waals surface area contributed by atoms with Crippen molar-refractivity contribution in [2.75, 3.05) is 0 Å². The molecular weight excluding hydrogens is 613 g/mol. The average molecular weight is 646 g/mol. The smallest absolute Gasteiger partial charge is 0.167 e. The molecule has 234 valence electrons. The van der Waals surface area contributed by atoms with Crippen LogP contribution in [0.3, 0.4) is 0 Å². The number of fused-ring (bicyclic) bond motifs is 6. The molecule has 10 rings (SSSR count). The lowest BCUT2D eigenvalue weighted by Crippen LogP contribution is -2.01. The van der Waals surface area contributed by atoms with Gasteiger partial charge in [-0.15, -0.1) is 0 Å². The molecule has 0 radical (unpaired) electrons. The Hall–Kier alpha value is -6.85. The SMILES string of the molecule is [2H]c1c([2H])c([2H])c(-c2nc(-c3ccccc3)nc(-c3cc(-n4c5ccccc5c5ccccc54)cc4c3oc3cccc(-c5ccccc5)c34)n2)c([2H])c1[2H]. The lowest BCUT2D eigenvalue weighted by Gasteiger charge is -2.13. The van der Waals surface area contributed by atoms with Crippen LogP contribution in [0.4, 0.5) is 0 Å². The molecule has 0 bridgehead atoms. The van der Waals surface area contributed by atoms with E-state index >= 15 is 0 Å². The van der Waals surface area contributed by atoms with Crippen LogP contribution in [0.25, 0.3) is 94.7 Å². The first kappa shape index (κ1) is 23.5. The highest BCUT2D eigenvalue weighted by molar-refractivity contribution is 6.16. The standard InChI is InChI=1S/C45H28N4O/c1-4-15-29(16-5-1)33-23-14-26-40-41(33)36-27-32(49-38-24-12-10-21-34(38)35-22-11-13-25-39(35)49)28-37(42(36)50-40)45-47-43(30-17-6-2-7-18-30)46-44(48-45)31-19-8-3-9-20-31/h1-28H/i2D,6D,7D,17D,18D. The lowest BCUT2D eigenvalue weighted by atomic mass is 9.98. The number of furan rings is 1. The van der Waals surface area contributed by atoms with Gasteiger partial charge in [-0.05, 0) is 41.5 Å². The summed E-state index contributed by atoms with van der Waals surface area (Å²) in [5, 5.41) is 3.99. The second-order valence-electron chi connectivity index (χ2n) is 12.1. The lowest BCUT2D eigenvalue weighted by molar-refractivity contribution is 0.669. The zero-order valence-electron chi connectivity index (χ0n) is 31.5. The molecule has 0 aliphatic heterocycles. The number of rotatable bonds is 5. The minimum atomic E-state index is -0.492. The molecule has 0 aliphatic rings. The van der Waals surface area contributed by atoms with Crippen molar-refractivity contribution in [2.24, 2.45) is 0 Å². The van der Waals surface area contributed by atoms with Crippen molar-refractivity contribution in [3.63, 3.8) is 0 Å². The molecule has 0 amide bonds. The van der Waals surface area contributed by atoms with Gasteiger partial charge in [-0.3, -0.25) is 0 Å². The molecule has 0 spiro atoms. The van der Waals surface area contributed by atoms with E-state index in [0.29, 0.717) is 22.3 Å². The molecule has 0 saturated carbocycles. The summed E-state index contributed by atoms with van der Waals surface area (Å²) in [6.07, 6.45) is 0. The number of benzene rings is 7. The highest BCUT2D eigenvalue weighted by Crippen LogP contribution is 2.43. The van der Waals surface area contributed by atoms with Crippen LogP contribution in [0.1, 0.15) is 6.85 Å². The fourth-order valence-electron chi connectivity index (χ4n) is 6.95. The Balaban J connectivity index is 1.35. The van der Waals surface area contributed by atoms with Gasteiger partial charge in [0.2, 0.25) is 0 Å². The summed E-state index contributed by atoms with van der Waals surface area (Å²) >= 11 is 0. The van der Waals surface area contributed by atoms with Crippen molar-refractivity contribution in [2.45, 2.75) is 0 Å². The first-order valence-electron chi connectivity index (χ1n) is 18.8. The van der Waals surface area contributed by atoms with Crippen LogP contribution in [0.5, 0.6) is 0 Å². The van der Waals surface area contributed by atoms with Crippen molar-refractivity contribution in [1.82, 2.24) is 19.5 Å². The highest BCUT2D eigenvalue weighted by atomic mass is 16.3. The zero-order chi connectivity index (χ0) is 37.4. The van der Waals surface area contributed by atoms with Crippen LogP contribution >= 0.6 is 0 Å². The van der Waals surface area contributed by atoms with Crippen molar-refractivity contribution in [1.29, 1.82) is 0 Å². The molecule has 0 aliphatic carbocycles. The predicted octanol–water partition coefficient (Wildman–Crippen LogP) is 11.5. The summed E-state index contributed by atoms with van der Waals surface area (Å²) in [6.45, 7) is 0. The Morgan fingerprint density at radius 3 is 1.78 bits per heavy atom. The second kappa shape index (κ2) is 11.4. The van der Waals surface area contributed by atoms with Crippen LogP contribution in [0, 0.1) is 0 Å². The van der Waals surface area contributed by atoms with Crippen molar-refractivity contribution >= 4 is 43.7 Å². The van der Waals surface area contributed by atoms with Crippen molar-refractivity contribution in [3.05, 3.63) is 170 Å². The quantitative estimate of drug-likeness (QED) is 0.187. The zero-order valence-corrected chi connectivity index (χ0v) is 26.5. The fourth-order valence-corrected chi connectivity index (χ4v) is 6.95. The number of para-hydroxylation sites is 2. The number of nitrogens with zero attached hydrogens (tertiary/aromatic N) is 4. The molecule has 5 heteroatoms. The summed E-state index contributed by atoms with van der Waals surface area (Å²) < 4.78 is 51.7. The minimum Gasteiger partial charge on any atom is -0.455 e. The predicted molar refractivity (Wildman–Crippen MR) is 203 cm³/mol. The topological polar surface area (TPSA) is 56.7 Å². The molecule has 0 atom stereocenters. The monoisotopic (exact) mass is 645 g/mol. The Kier molecular flexibility index (Phi) is 5.35. The van der Waals surface area contributed by atoms with E-state index in [1.807, 2.05) is 91.0 Å². The second-order valence-corrected chi connectivity index (χ2v) is 12.1. The Morgan fingerprint density at radius 2 is 1.08 bits per heavy atom. The molecule has 3 heterocycles. The average Bonchev–Trinajstić information content (AvgIpc) is 3.78. The Morgan fingerprint density at radius 1 is 0.480 bits per heavy atom. The molecule has 0 saturated heterocycles. The van der Waals surface area contributed by atoms with Gasteiger partial charge in [-0.1, -0.05) is 139 Å². The molecule has 0 fully saturated rings. The van der Waals surface area contributed by atoms with Gasteiger partial charge in [0.15, 0.2) is 17.5 Å². The Labute approximate surface area is 294 Å². The molecule has 50 heavy (non-hydrogen) atoms. The summed E-state index contributed by atoms with van der Waals surface area (Å²) in [6, 6.07) is 44.1. The summed E-state index contributed by atoms with van der Waals surface area (Å²) in [5.74, 6) is 0.463. The van der Waals surface area contributed by atoms with Gasteiger partial charge >= 0.3 is 0 Å². The number of aromatic nitrogens is 4. The maximum absolute atomic E-state index is 8.82. The molecule has 5 nitrogen and oxygen atoms in total. The van der Waals surface area contributed by atoms with Gasteiger partial charge in [-0.2, -0.15) is 0 Å². The van der Waals surface area contributed by atoms with Crippen LogP contribution in [-0.4, -0.2) is 19.5 Å². The van der Waals surface area contributed by atoms with E-state index < -0.39 is 30.2 Å². The summed E-state index contributed by atoms with van der Waals surface area (Å²) in [4.78, 5) is 14.7. The number of hydrogen-bond donors (Lipinski definition) is 0. The van der Waals surface area contributed by atoms with E-state index in [-0.39, 0.29) is 23.0 Å². The fraction of sp³-hybridized carbons (Fsp3) is 0. The van der Waals surface area contributed by atoms with E-state index in [9.17, 15) is 0 Å². The van der Waals surface area contributed by atoms with Gasteiger partial charge in [0.1, 0.15) is 11.2 Å². The van der Waals surface area contributed by atoms with E-state index in [0.717, 1.165) is 49.4 Å². The number of hydrogen-bond acceptors (Lipinski definition) is 4. The first-order chi connectivity index (χ1) is 26.9. The third-order valence-corrected chi connectivity index (χ3v) is 9.14. The maximum atomic E-state index is 8.82. The summed E-state index contributed by atoms with van der Waals surface area (Å²) in [7, 11) is 0. The van der Waals surface area contributed by atoms with Crippen LogP contribution in [0.2, 0.25) is 0 Å². The van der Waals surface area contributed by atoms with Gasteiger partial charge < -0.3 is 8.98 Å². The molecule has 7 aromatic carbocycles. The van der Waals surface area contributed by atoms with Crippen molar-refractivity contribution in [3.8, 4) is 51.0 Å². The third kappa shape index (κ3) is 4.52. The Bertz CT molecular complexity index is 3080. The largest absolute Gasteiger partial charge is 0.455 e. The van der Waals surface area contributed by atoms with E-state index in [1.54, 1.807) is 0 Å². The molecule has 10 aromatic rings. The van der Waals surface area contributed by atoms with E-state index in [2.05, 4.69) is 53.1 Å². The van der Waals surface area contributed by atoms with Gasteiger partial charge in [-0.25, -0.2) is 15.0 Å². The van der Waals surface area contributed by atoms with Gasteiger partial charge in [0.25, 0.3) is 0 Å². The normalized spacial score (nSPS) is 13.0. The summed E-state index contributed by atoms with van der Waals surface area (Å²) in [5.41, 5.74) is 7.26. The first-order valence-corrected chi connectivity index (χ1v) is 16.3.